The molecule has 5 nitrogen and oxygen atoms in total. The molecular weight excluding hydrogens is 358 g/mol. The lowest BCUT2D eigenvalue weighted by atomic mass is 10.1. The Labute approximate surface area is 161 Å². The van der Waals surface area contributed by atoms with Gasteiger partial charge in [0.25, 0.3) is 0 Å². The molecule has 2 aromatic carbocycles. The van der Waals surface area contributed by atoms with E-state index in [9.17, 15) is 8.42 Å². The number of hydrogen-bond acceptors (Lipinski definition) is 3. The van der Waals surface area contributed by atoms with Gasteiger partial charge in [-0.1, -0.05) is 29.8 Å². The zero-order valence-electron chi connectivity index (χ0n) is 16.3. The highest BCUT2D eigenvalue weighted by molar-refractivity contribution is 7.89. The predicted octanol–water partition coefficient (Wildman–Crippen LogP) is 4.23. The minimum atomic E-state index is -3.56. The highest BCUT2D eigenvalue weighted by Crippen LogP contribution is 2.25. The Balaban J connectivity index is 1.98. The highest BCUT2D eigenvalue weighted by Gasteiger charge is 2.22. The number of aryl methyl sites for hydroxylation is 2. The molecule has 0 atom stereocenters. The second-order valence-electron chi connectivity index (χ2n) is 7.80. The van der Waals surface area contributed by atoms with Crippen molar-refractivity contribution < 1.29 is 8.42 Å². The van der Waals surface area contributed by atoms with Crippen LogP contribution in [0.4, 0.5) is 0 Å². The van der Waals surface area contributed by atoms with Gasteiger partial charge in [-0.05, 0) is 65.0 Å². The Morgan fingerprint density at radius 3 is 2.07 bits per heavy atom. The lowest BCUT2D eigenvalue weighted by Gasteiger charge is -2.20. The number of benzene rings is 2. The molecule has 0 unspecified atom stereocenters. The summed E-state index contributed by atoms with van der Waals surface area (Å²) in [6.07, 6.45) is 0. The predicted molar refractivity (Wildman–Crippen MR) is 109 cm³/mol. The Morgan fingerprint density at radius 2 is 1.52 bits per heavy atom. The molecule has 3 aromatic rings. The zero-order valence-corrected chi connectivity index (χ0v) is 17.1. The molecule has 0 radical (unpaired) electrons. The van der Waals surface area contributed by atoms with Gasteiger partial charge in [0.2, 0.25) is 10.0 Å². The molecule has 0 saturated heterocycles. The standard InChI is InChI=1S/C21H25N3O2S/c1-15-6-8-17(9-7-15)20-14-16(2)22-24(20)18-10-12-19(13-11-18)27(25,26)23-21(3,4)5/h6-14,23H,1-5H3. The fraction of sp³-hybridized carbons (Fsp3) is 0.286. The first-order chi connectivity index (χ1) is 12.5. The van der Waals surface area contributed by atoms with E-state index in [1.165, 1.54) is 5.56 Å². The van der Waals surface area contributed by atoms with Gasteiger partial charge < -0.3 is 0 Å². The van der Waals surface area contributed by atoms with Crippen LogP contribution in [0.5, 0.6) is 0 Å². The minimum absolute atomic E-state index is 0.238. The van der Waals surface area contributed by atoms with Crippen molar-refractivity contribution in [1.82, 2.24) is 14.5 Å². The van der Waals surface area contributed by atoms with Gasteiger partial charge >= 0.3 is 0 Å². The second kappa shape index (κ2) is 6.94. The Bertz CT molecular complexity index is 1040. The molecule has 1 aromatic heterocycles. The van der Waals surface area contributed by atoms with Crippen molar-refractivity contribution in [3.8, 4) is 16.9 Å². The Kier molecular flexibility index (Phi) is 4.97. The monoisotopic (exact) mass is 383 g/mol. The van der Waals surface area contributed by atoms with Crippen LogP contribution in [0.1, 0.15) is 32.0 Å². The lowest BCUT2D eigenvalue weighted by molar-refractivity contribution is 0.491. The van der Waals surface area contributed by atoms with E-state index in [1.807, 2.05) is 38.4 Å². The van der Waals surface area contributed by atoms with E-state index in [0.717, 1.165) is 22.6 Å². The quantitative estimate of drug-likeness (QED) is 0.733. The van der Waals surface area contributed by atoms with E-state index in [2.05, 4.69) is 41.0 Å². The summed E-state index contributed by atoms with van der Waals surface area (Å²) >= 11 is 0. The van der Waals surface area contributed by atoms with Crippen LogP contribution in [-0.2, 0) is 10.0 Å². The van der Waals surface area contributed by atoms with Crippen LogP contribution < -0.4 is 4.72 Å². The van der Waals surface area contributed by atoms with E-state index in [4.69, 9.17) is 0 Å². The molecule has 0 aliphatic rings. The molecule has 3 rings (SSSR count). The molecule has 0 aliphatic carbocycles. The molecule has 27 heavy (non-hydrogen) atoms. The van der Waals surface area contributed by atoms with Crippen molar-refractivity contribution in [2.45, 2.75) is 45.1 Å². The summed E-state index contributed by atoms with van der Waals surface area (Å²) in [7, 11) is -3.56. The van der Waals surface area contributed by atoms with Gasteiger partial charge in [-0.15, -0.1) is 0 Å². The molecular formula is C21H25N3O2S. The number of hydrogen-bond donors (Lipinski definition) is 1. The van der Waals surface area contributed by atoms with Crippen molar-refractivity contribution in [2.75, 3.05) is 0 Å². The average molecular weight is 384 g/mol. The van der Waals surface area contributed by atoms with Gasteiger partial charge in [0.15, 0.2) is 0 Å². The van der Waals surface area contributed by atoms with Crippen molar-refractivity contribution in [1.29, 1.82) is 0 Å². The number of rotatable bonds is 4. The molecule has 0 saturated carbocycles. The normalized spacial score (nSPS) is 12.3. The first-order valence-electron chi connectivity index (χ1n) is 8.83. The van der Waals surface area contributed by atoms with Crippen molar-refractivity contribution in [3.05, 3.63) is 65.9 Å². The number of nitrogens with one attached hydrogen (secondary N) is 1. The van der Waals surface area contributed by atoms with Crippen LogP contribution in [0.3, 0.4) is 0 Å². The first kappa shape index (κ1) is 19.3. The summed E-state index contributed by atoms with van der Waals surface area (Å²) < 4.78 is 29.5. The summed E-state index contributed by atoms with van der Waals surface area (Å²) in [4.78, 5) is 0.238. The lowest BCUT2D eigenvalue weighted by Crippen LogP contribution is -2.40. The largest absolute Gasteiger partial charge is 0.241 e. The summed E-state index contributed by atoms with van der Waals surface area (Å²) in [6, 6.07) is 17.1. The van der Waals surface area contributed by atoms with Crippen molar-refractivity contribution in [2.24, 2.45) is 0 Å². The van der Waals surface area contributed by atoms with Crippen molar-refractivity contribution >= 4 is 10.0 Å². The molecule has 142 valence electrons. The molecule has 0 bridgehead atoms. The number of aromatic nitrogens is 2. The summed E-state index contributed by atoms with van der Waals surface area (Å²) in [5.74, 6) is 0. The highest BCUT2D eigenvalue weighted by atomic mass is 32.2. The molecule has 0 amide bonds. The van der Waals surface area contributed by atoms with Gasteiger partial charge in [-0.3, -0.25) is 0 Å². The van der Waals surface area contributed by atoms with Crippen LogP contribution in [0.25, 0.3) is 16.9 Å². The minimum Gasteiger partial charge on any atom is -0.233 e. The maximum atomic E-state index is 12.5. The van der Waals surface area contributed by atoms with Crippen LogP contribution in [0.15, 0.2) is 59.5 Å². The smallest absolute Gasteiger partial charge is 0.233 e. The molecule has 0 fully saturated rings. The van der Waals surface area contributed by atoms with Crippen molar-refractivity contribution in [3.63, 3.8) is 0 Å². The summed E-state index contributed by atoms with van der Waals surface area (Å²) in [5, 5.41) is 4.58. The average Bonchev–Trinajstić information content (AvgIpc) is 2.95. The van der Waals surface area contributed by atoms with Crippen LogP contribution >= 0.6 is 0 Å². The Hall–Kier alpha value is -2.44. The van der Waals surface area contributed by atoms with Crippen LogP contribution in [-0.4, -0.2) is 23.7 Å². The van der Waals surface area contributed by atoms with E-state index in [-0.39, 0.29) is 4.90 Å². The fourth-order valence-electron chi connectivity index (χ4n) is 2.85. The summed E-state index contributed by atoms with van der Waals surface area (Å²) in [6.45, 7) is 9.45. The number of sulfonamides is 1. The molecule has 0 aliphatic heterocycles. The first-order valence-corrected chi connectivity index (χ1v) is 10.3. The van der Waals surface area contributed by atoms with Crippen LogP contribution in [0, 0.1) is 13.8 Å². The van der Waals surface area contributed by atoms with E-state index in [0.29, 0.717) is 0 Å². The second-order valence-corrected chi connectivity index (χ2v) is 9.48. The molecule has 0 spiro atoms. The maximum Gasteiger partial charge on any atom is 0.241 e. The number of nitrogens with zero attached hydrogens (tertiary/aromatic N) is 2. The van der Waals surface area contributed by atoms with E-state index in [1.54, 1.807) is 24.3 Å². The third-order valence-electron chi connectivity index (χ3n) is 4.01. The fourth-order valence-corrected chi connectivity index (χ4v) is 4.27. The van der Waals surface area contributed by atoms with Gasteiger partial charge in [0.05, 0.1) is 22.0 Å². The third kappa shape index (κ3) is 4.46. The van der Waals surface area contributed by atoms with Crippen LogP contribution in [0.2, 0.25) is 0 Å². The van der Waals surface area contributed by atoms with Gasteiger partial charge in [-0.25, -0.2) is 17.8 Å². The molecule has 6 heteroatoms. The Morgan fingerprint density at radius 1 is 0.926 bits per heavy atom. The van der Waals surface area contributed by atoms with Gasteiger partial charge in [-0.2, -0.15) is 5.10 Å². The molecule has 1 N–H and O–H groups in total. The third-order valence-corrected chi connectivity index (χ3v) is 5.78. The zero-order chi connectivity index (χ0) is 19.8. The van der Waals surface area contributed by atoms with E-state index < -0.39 is 15.6 Å². The summed E-state index contributed by atoms with van der Waals surface area (Å²) in [5.41, 5.74) is 4.41. The topological polar surface area (TPSA) is 64.0 Å². The SMILES string of the molecule is Cc1ccc(-c2cc(C)nn2-c2ccc(S(=O)(=O)NC(C)(C)C)cc2)cc1. The maximum absolute atomic E-state index is 12.5. The van der Waals surface area contributed by atoms with E-state index >= 15 is 0 Å². The molecule has 1 heterocycles. The van der Waals surface area contributed by atoms with Gasteiger partial charge in [0, 0.05) is 11.1 Å². The van der Waals surface area contributed by atoms with Gasteiger partial charge in [0.1, 0.15) is 0 Å².